The van der Waals surface area contributed by atoms with Gasteiger partial charge in [-0.05, 0) is 34.1 Å². The van der Waals surface area contributed by atoms with Crippen molar-refractivity contribution in [3.63, 3.8) is 0 Å². The molecule has 0 aromatic carbocycles. The highest BCUT2D eigenvalue weighted by Gasteiger charge is 2.45. The number of hydrogen-bond donors (Lipinski definition) is 1. The van der Waals surface area contributed by atoms with Crippen molar-refractivity contribution in [3.05, 3.63) is 18.0 Å². The van der Waals surface area contributed by atoms with E-state index in [1.165, 1.54) is 0 Å². The molecule has 1 N–H and O–H groups in total. The molecule has 0 saturated carbocycles. The van der Waals surface area contributed by atoms with Crippen molar-refractivity contribution in [2.45, 2.75) is 57.9 Å². The summed E-state index contributed by atoms with van der Waals surface area (Å²) in [5.41, 5.74) is 0.749. The smallest absolute Gasteiger partial charge is 0.124 e. The van der Waals surface area contributed by atoms with Crippen LogP contribution in [0.5, 0.6) is 0 Å². The minimum Gasteiger partial charge on any atom is -0.368 e. The summed E-state index contributed by atoms with van der Waals surface area (Å²) in [7, 11) is 0. The lowest BCUT2D eigenvalue weighted by Gasteiger charge is -2.27. The van der Waals surface area contributed by atoms with Gasteiger partial charge < -0.3 is 14.6 Å². The number of hydrogen-bond acceptors (Lipinski definition) is 4. The molecule has 4 nitrogen and oxygen atoms in total. The highest BCUT2D eigenvalue weighted by atomic mass is 16.5. The van der Waals surface area contributed by atoms with Gasteiger partial charge in [-0.25, -0.2) is 0 Å². The van der Waals surface area contributed by atoms with Gasteiger partial charge >= 0.3 is 0 Å². The maximum absolute atomic E-state index is 6.01. The lowest BCUT2D eigenvalue weighted by molar-refractivity contribution is -0.0699. The van der Waals surface area contributed by atoms with Gasteiger partial charge in [-0.2, -0.15) is 0 Å². The molecule has 2 rings (SSSR count). The number of aromatic nitrogens is 1. The van der Waals surface area contributed by atoms with Crippen molar-refractivity contribution in [3.8, 4) is 0 Å². The Bertz CT molecular complexity index is 344. The van der Waals surface area contributed by atoms with E-state index in [9.17, 15) is 0 Å². The summed E-state index contributed by atoms with van der Waals surface area (Å²) >= 11 is 0. The molecule has 1 aromatic rings. The van der Waals surface area contributed by atoms with E-state index in [1.807, 2.05) is 6.07 Å². The molecule has 1 aromatic heterocycles. The van der Waals surface area contributed by atoms with Gasteiger partial charge in [-0.1, -0.05) is 5.16 Å². The van der Waals surface area contributed by atoms with Gasteiger partial charge in [0.2, 0.25) is 0 Å². The minimum atomic E-state index is -0.132. The molecule has 16 heavy (non-hydrogen) atoms. The summed E-state index contributed by atoms with van der Waals surface area (Å²) in [5.74, 6) is 0. The van der Waals surface area contributed by atoms with Crippen LogP contribution in [0, 0.1) is 0 Å². The second-order valence-electron chi connectivity index (χ2n) is 5.59. The number of nitrogens with zero attached hydrogens (tertiary/aromatic N) is 1. The van der Waals surface area contributed by atoms with Crippen LogP contribution in [-0.2, 0) is 11.3 Å². The van der Waals surface area contributed by atoms with E-state index in [0.717, 1.165) is 18.7 Å². The summed E-state index contributed by atoms with van der Waals surface area (Å²) in [4.78, 5) is 0. The Balaban J connectivity index is 1.95. The summed E-state index contributed by atoms with van der Waals surface area (Å²) in [6.45, 7) is 9.24. The predicted octanol–water partition coefficient (Wildman–Crippen LogP) is 2.11. The van der Waals surface area contributed by atoms with Crippen molar-refractivity contribution < 1.29 is 9.26 Å². The van der Waals surface area contributed by atoms with E-state index < -0.39 is 0 Å². The zero-order chi connectivity index (χ0) is 11.8. The van der Waals surface area contributed by atoms with Crippen LogP contribution in [-0.4, -0.2) is 22.4 Å². The molecular formula is C12H20N2O2. The monoisotopic (exact) mass is 224 g/mol. The second kappa shape index (κ2) is 3.86. The van der Waals surface area contributed by atoms with Gasteiger partial charge in [-0.15, -0.1) is 0 Å². The molecule has 1 aliphatic rings. The van der Waals surface area contributed by atoms with Crippen LogP contribution in [0.25, 0.3) is 0 Å². The molecule has 0 spiro atoms. The molecule has 0 bridgehead atoms. The molecule has 1 aliphatic heterocycles. The molecule has 0 aliphatic carbocycles. The zero-order valence-electron chi connectivity index (χ0n) is 10.4. The molecular weight excluding hydrogens is 204 g/mol. The van der Waals surface area contributed by atoms with Crippen LogP contribution in [0.15, 0.2) is 16.9 Å². The first-order chi connectivity index (χ1) is 7.39. The average Bonchev–Trinajstić information content (AvgIpc) is 2.67. The molecule has 1 unspecified atom stereocenters. The average molecular weight is 224 g/mol. The zero-order valence-corrected chi connectivity index (χ0v) is 10.4. The maximum atomic E-state index is 6.01. The Morgan fingerprint density at radius 3 is 2.69 bits per heavy atom. The minimum absolute atomic E-state index is 0.0506. The Morgan fingerprint density at radius 1 is 1.44 bits per heavy atom. The van der Waals surface area contributed by atoms with Gasteiger partial charge in [-0.3, -0.25) is 0 Å². The summed E-state index contributed by atoms with van der Waals surface area (Å²) in [5, 5.41) is 7.37. The van der Waals surface area contributed by atoms with Crippen molar-refractivity contribution in [2.24, 2.45) is 0 Å². The van der Waals surface area contributed by atoms with Gasteiger partial charge in [0.05, 0.1) is 16.9 Å². The lowest BCUT2D eigenvalue weighted by Crippen LogP contribution is -2.42. The van der Waals surface area contributed by atoms with Crippen LogP contribution in [0.2, 0.25) is 0 Å². The van der Waals surface area contributed by atoms with Crippen molar-refractivity contribution in [1.82, 2.24) is 10.5 Å². The largest absolute Gasteiger partial charge is 0.368 e. The first-order valence-corrected chi connectivity index (χ1v) is 5.72. The highest BCUT2D eigenvalue weighted by Crippen LogP contribution is 2.37. The maximum Gasteiger partial charge on any atom is 0.124 e. The fraction of sp³-hybridized carbons (Fsp3) is 0.750. The Hall–Kier alpha value is -0.870. The highest BCUT2D eigenvalue weighted by molar-refractivity contribution is 5.01. The van der Waals surface area contributed by atoms with Crippen LogP contribution in [0.4, 0.5) is 0 Å². The van der Waals surface area contributed by atoms with Crippen LogP contribution < -0.4 is 5.32 Å². The third kappa shape index (κ3) is 2.44. The van der Waals surface area contributed by atoms with E-state index in [2.05, 4.69) is 38.2 Å². The van der Waals surface area contributed by atoms with E-state index in [4.69, 9.17) is 9.26 Å². The first-order valence-electron chi connectivity index (χ1n) is 5.72. The molecule has 0 amide bonds. The fourth-order valence-electron chi connectivity index (χ4n) is 2.44. The second-order valence-corrected chi connectivity index (χ2v) is 5.59. The molecule has 1 saturated heterocycles. The van der Waals surface area contributed by atoms with Crippen molar-refractivity contribution in [1.29, 1.82) is 0 Å². The van der Waals surface area contributed by atoms with E-state index >= 15 is 0 Å². The summed E-state index contributed by atoms with van der Waals surface area (Å²) < 4.78 is 10.8. The molecule has 4 heteroatoms. The third-order valence-corrected chi connectivity index (χ3v) is 3.10. The van der Waals surface area contributed by atoms with Gasteiger partial charge in [0, 0.05) is 18.7 Å². The van der Waals surface area contributed by atoms with Crippen LogP contribution in [0.3, 0.4) is 0 Å². The van der Waals surface area contributed by atoms with Gasteiger partial charge in [0.1, 0.15) is 6.26 Å². The van der Waals surface area contributed by atoms with Gasteiger partial charge in [0.15, 0.2) is 0 Å². The SMILES string of the molecule is CC1(C)CC(NCc2ccon2)C(C)(C)O1. The lowest BCUT2D eigenvalue weighted by atomic mass is 9.94. The van der Waals surface area contributed by atoms with Gasteiger partial charge in [0.25, 0.3) is 0 Å². The van der Waals surface area contributed by atoms with E-state index in [-0.39, 0.29) is 11.2 Å². The Morgan fingerprint density at radius 2 is 2.19 bits per heavy atom. The van der Waals surface area contributed by atoms with Crippen LogP contribution >= 0.6 is 0 Å². The normalized spacial score (nSPS) is 27.1. The molecule has 1 fully saturated rings. The number of rotatable bonds is 3. The van der Waals surface area contributed by atoms with E-state index in [0.29, 0.717) is 6.04 Å². The molecule has 90 valence electrons. The van der Waals surface area contributed by atoms with E-state index in [1.54, 1.807) is 6.26 Å². The molecule has 2 heterocycles. The predicted molar refractivity (Wildman–Crippen MR) is 61.0 cm³/mol. The quantitative estimate of drug-likeness (QED) is 0.854. The van der Waals surface area contributed by atoms with Crippen molar-refractivity contribution >= 4 is 0 Å². The summed E-state index contributed by atoms with van der Waals surface area (Å²) in [6.07, 6.45) is 2.61. The summed E-state index contributed by atoms with van der Waals surface area (Å²) in [6, 6.07) is 2.22. The van der Waals surface area contributed by atoms with Crippen LogP contribution in [0.1, 0.15) is 39.8 Å². The Kier molecular flexibility index (Phi) is 2.80. The third-order valence-electron chi connectivity index (χ3n) is 3.10. The first kappa shape index (κ1) is 11.6. The number of nitrogens with one attached hydrogen (secondary N) is 1. The fourth-order valence-corrected chi connectivity index (χ4v) is 2.44. The number of ether oxygens (including phenoxy) is 1. The molecule has 0 radical (unpaired) electrons. The standard InChI is InChI=1S/C12H20N2O2/c1-11(2)7-10(12(3,4)16-11)13-8-9-5-6-15-14-9/h5-6,10,13H,7-8H2,1-4H3. The van der Waals surface area contributed by atoms with Crippen molar-refractivity contribution in [2.75, 3.05) is 0 Å². The topological polar surface area (TPSA) is 47.3 Å². The Labute approximate surface area is 96.3 Å². The molecule has 1 atom stereocenters.